The Bertz CT molecular complexity index is 500. The lowest BCUT2D eigenvalue weighted by Crippen LogP contribution is -2.37. The van der Waals surface area contributed by atoms with E-state index in [0.29, 0.717) is 0 Å². The molecule has 0 aliphatic carbocycles. The average Bonchev–Trinajstić information content (AvgIpc) is 2.25. The predicted molar refractivity (Wildman–Crippen MR) is 64.0 cm³/mol. The molecule has 0 radical (unpaired) electrons. The monoisotopic (exact) mass is 298 g/mol. The Balaban J connectivity index is 2.83. The molecule has 1 heterocycles. The highest BCUT2D eigenvalue weighted by Crippen LogP contribution is 2.16. The summed E-state index contributed by atoms with van der Waals surface area (Å²) in [6, 6.07) is 0. The quantitative estimate of drug-likeness (QED) is 0.698. The van der Waals surface area contributed by atoms with Crippen molar-refractivity contribution in [2.45, 2.75) is 24.6 Å². The standard InChI is InChI=1S/C8H14N2O6S2/c1-7(17(11,12)13)9-3-5-10(6-4-9)8(2)18(14,15)16/h3-8H,1-2H3,(H,11,12,13)(H,14,15,16). The summed E-state index contributed by atoms with van der Waals surface area (Å²) in [6.45, 7) is 2.54. The molecule has 10 heteroatoms. The summed E-state index contributed by atoms with van der Waals surface area (Å²) in [5.41, 5.74) is 0. The van der Waals surface area contributed by atoms with Crippen molar-refractivity contribution in [3.05, 3.63) is 24.8 Å². The third-order valence-electron chi connectivity index (χ3n) is 2.52. The van der Waals surface area contributed by atoms with Gasteiger partial charge in [0, 0.05) is 24.8 Å². The maximum Gasteiger partial charge on any atom is 0.286 e. The van der Waals surface area contributed by atoms with E-state index in [1.165, 1.54) is 48.4 Å². The van der Waals surface area contributed by atoms with E-state index in [4.69, 9.17) is 9.11 Å². The van der Waals surface area contributed by atoms with Gasteiger partial charge in [-0.2, -0.15) is 16.8 Å². The largest absolute Gasteiger partial charge is 0.332 e. The Labute approximate surface area is 106 Å². The highest BCUT2D eigenvalue weighted by Gasteiger charge is 2.26. The summed E-state index contributed by atoms with van der Waals surface area (Å²) in [4.78, 5) is 2.37. The van der Waals surface area contributed by atoms with E-state index in [9.17, 15) is 16.8 Å². The average molecular weight is 298 g/mol. The molecule has 0 aromatic carbocycles. The summed E-state index contributed by atoms with van der Waals surface area (Å²) in [5.74, 6) is 0. The molecule has 0 spiro atoms. The molecular weight excluding hydrogens is 284 g/mol. The third kappa shape index (κ3) is 3.45. The summed E-state index contributed by atoms with van der Waals surface area (Å²) in [6.07, 6.45) is 5.11. The van der Waals surface area contributed by atoms with Crippen LogP contribution in [0.2, 0.25) is 0 Å². The van der Waals surface area contributed by atoms with Gasteiger partial charge in [0.15, 0.2) is 10.7 Å². The molecule has 0 saturated carbocycles. The third-order valence-corrected chi connectivity index (χ3v) is 4.73. The zero-order valence-electron chi connectivity index (χ0n) is 9.70. The Hall–Kier alpha value is -1.10. The second-order valence-electron chi connectivity index (χ2n) is 3.72. The molecule has 0 aromatic heterocycles. The number of hydrogen-bond donors (Lipinski definition) is 2. The maximum atomic E-state index is 10.9. The van der Waals surface area contributed by atoms with Crippen molar-refractivity contribution in [1.29, 1.82) is 0 Å². The molecule has 2 N–H and O–H groups in total. The summed E-state index contributed by atoms with van der Waals surface area (Å²) in [7, 11) is -8.46. The van der Waals surface area contributed by atoms with Gasteiger partial charge >= 0.3 is 0 Å². The van der Waals surface area contributed by atoms with Gasteiger partial charge in [-0.05, 0) is 13.8 Å². The minimum absolute atomic E-state index is 1.18. The highest BCUT2D eigenvalue weighted by atomic mass is 32.2. The zero-order chi connectivity index (χ0) is 14.1. The Morgan fingerprint density at radius 3 is 1.17 bits per heavy atom. The van der Waals surface area contributed by atoms with Gasteiger partial charge in [0.25, 0.3) is 20.2 Å². The molecule has 1 aliphatic heterocycles. The van der Waals surface area contributed by atoms with Crippen molar-refractivity contribution in [2.24, 2.45) is 0 Å². The Kier molecular flexibility index (Phi) is 4.05. The lowest BCUT2D eigenvalue weighted by atomic mass is 10.5. The van der Waals surface area contributed by atoms with E-state index >= 15 is 0 Å². The van der Waals surface area contributed by atoms with Gasteiger partial charge in [0.1, 0.15) is 0 Å². The first-order valence-electron chi connectivity index (χ1n) is 4.87. The number of nitrogens with zero attached hydrogens (tertiary/aromatic N) is 2. The molecule has 0 fully saturated rings. The predicted octanol–water partition coefficient (Wildman–Crippen LogP) is 0.0140. The summed E-state index contributed by atoms with van der Waals surface area (Å²) >= 11 is 0. The van der Waals surface area contributed by atoms with Crippen molar-refractivity contribution in [3.8, 4) is 0 Å². The number of rotatable bonds is 4. The molecule has 1 aliphatic rings. The second kappa shape index (κ2) is 4.88. The Morgan fingerprint density at radius 1 is 0.778 bits per heavy atom. The van der Waals surface area contributed by atoms with Crippen LogP contribution in [0.3, 0.4) is 0 Å². The number of hydrogen-bond acceptors (Lipinski definition) is 6. The minimum atomic E-state index is -4.23. The van der Waals surface area contributed by atoms with Crippen LogP contribution in [0.4, 0.5) is 0 Å². The molecule has 0 bridgehead atoms. The summed E-state index contributed by atoms with van der Waals surface area (Å²) in [5, 5.41) is -2.37. The van der Waals surface area contributed by atoms with Crippen LogP contribution < -0.4 is 0 Å². The van der Waals surface area contributed by atoms with Gasteiger partial charge in [0.05, 0.1) is 0 Å². The van der Waals surface area contributed by atoms with E-state index in [2.05, 4.69) is 0 Å². The fraction of sp³-hybridized carbons (Fsp3) is 0.500. The van der Waals surface area contributed by atoms with Crippen LogP contribution >= 0.6 is 0 Å². The first-order valence-corrected chi connectivity index (χ1v) is 7.88. The van der Waals surface area contributed by atoms with Gasteiger partial charge in [-0.3, -0.25) is 9.11 Å². The second-order valence-corrected chi connectivity index (χ2v) is 7.14. The van der Waals surface area contributed by atoms with Gasteiger partial charge < -0.3 is 9.80 Å². The van der Waals surface area contributed by atoms with Gasteiger partial charge in [-0.25, -0.2) is 0 Å². The van der Waals surface area contributed by atoms with Crippen molar-refractivity contribution < 1.29 is 25.9 Å². The van der Waals surface area contributed by atoms with Gasteiger partial charge in [-0.1, -0.05) is 0 Å². The Morgan fingerprint density at radius 2 is 1.00 bits per heavy atom. The highest BCUT2D eigenvalue weighted by molar-refractivity contribution is 7.86. The van der Waals surface area contributed by atoms with Gasteiger partial charge in [0.2, 0.25) is 0 Å². The molecule has 0 aromatic rings. The van der Waals surface area contributed by atoms with E-state index in [0.717, 1.165) is 0 Å². The fourth-order valence-corrected chi connectivity index (χ4v) is 2.10. The van der Waals surface area contributed by atoms with Crippen LogP contribution in [0.15, 0.2) is 24.8 Å². The van der Waals surface area contributed by atoms with Crippen LogP contribution in [-0.4, -0.2) is 46.5 Å². The lowest BCUT2D eigenvalue weighted by Gasteiger charge is -2.29. The molecular formula is C8H14N2O6S2. The molecule has 8 nitrogen and oxygen atoms in total. The molecule has 104 valence electrons. The van der Waals surface area contributed by atoms with E-state index < -0.39 is 31.0 Å². The molecule has 0 amide bonds. The first kappa shape index (κ1) is 15.0. The van der Waals surface area contributed by atoms with Crippen molar-refractivity contribution in [1.82, 2.24) is 9.80 Å². The van der Waals surface area contributed by atoms with Crippen molar-refractivity contribution in [2.75, 3.05) is 0 Å². The van der Waals surface area contributed by atoms with Gasteiger partial charge in [-0.15, -0.1) is 0 Å². The molecule has 2 atom stereocenters. The van der Waals surface area contributed by atoms with Crippen LogP contribution in [-0.2, 0) is 20.2 Å². The van der Waals surface area contributed by atoms with E-state index in [1.807, 2.05) is 0 Å². The fourth-order valence-electron chi connectivity index (χ4n) is 1.20. The molecule has 1 rings (SSSR count). The van der Waals surface area contributed by atoms with Crippen LogP contribution in [0, 0.1) is 0 Å². The molecule has 0 saturated heterocycles. The van der Waals surface area contributed by atoms with E-state index in [1.54, 1.807) is 0 Å². The first-order chi connectivity index (χ1) is 8.03. The van der Waals surface area contributed by atoms with Crippen LogP contribution in [0.25, 0.3) is 0 Å². The minimum Gasteiger partial charge on any atom is -0.332 e. The van der Waals surface area contributed by atoms with Crippen molar-refractivity contribution >= 4 is 20.2 Å². The zero-order valence-corrected chi connectivity index (χ0v) is 11.3. The SMILES string of the molecule is CC(N1C=CN(C(C)S(=O)(=O)O)C=C1)S(=O)(=O)O. The maximum absolute atomic E-state index is 10.9. The van der Waals surface area contributed by atoms with Crippen LogP contribution in [0.1, 0.15) is 13.8 Å². The normalized spacial score (nSPS) is 20.0. The van der Waals surface area contributed by atoms with Crippen LogP contribution in [0.5, 0.6) is 0 Å². The summed E-state index contributed by atoms with van der Waals surface area (Å²) < 4.78 is 61.3. The van der Waals surface area contributed by atoms with E-state index in [-0.39, 0.29) is 0 Å². The lowest BCUT2D eigenvalue weighted by molar-refractivity contribution is 0.358. The van der Waals surface area contributed by atoms with Crippen molar-refractivity contribution in [3.63, 3.8) is 0 Å². The molecule has 2 unspecified atom stereocenters. The topological polar surface area (TPSA) is 115 Å². The smallest absolute Gasteiger partial charge is 0.286 e. The molecule has 18 heavy (non-hydrogen) atoms.